The van der Waals surface area contributed by atoms with Crippen LogP contribution in [0.15, 0.2) is 60.0 Å². The van der Waals surface area contributed by atoms with E-state index < -0.39 is 32.6 Å². The molecule has 2 heterocycles. The SMILES string of the molecule is CCOP(=O)(OCC)C(Nc1nc(-c2cccc(NC(=O)Nc3ccc(F)cc3)c2)nc2sccc12)P(=O)(OCC)OCC. The van der Waals surface area contributed by atoms with Gasteiger partial charge in [0.1, 0.15) is 16.5 Å². The number of thiophene rings is 1. The molecular formula is C28H34FN5O7P2S. The zero-order valence-corrected chi connectivity index (χ0v) is 27.2. The number of aromatic nitrogens is 2. The lowest BCUT2D eigenvalue weighted by molar-refractivity contribution is 0.198. The van der Waals surface area contributed by atoms with Crippen molar-refractivity contribution in [2.45, 2.75) is 33.2 Å². The maximum Gasteiger partial charge on any atom is 0.365 e. The highest BCUT2D eigenvalue weighted by atomic mass is 32.1. The molecule has 0 bridgehead atoms. The molecule has 0 fully saturated rings. The second kappa shape index (κ2) is 15.2. The van der Waals surface area contributed by atoms with E-state index >= 15 is 0 Å². The number of carbonyl (C=O) groups excluding carboxylic acids is 1. The van der Waals surface area contributed by atoms with Gasteiger partial charge >= 0.3 is 21.2 Å². The van der Waals surface area contributed by atoms with Crippen molar-refractivity contribution in [2.24, 2.45) is 0 Å². The molecule has 4 rings (SSSR count). The van der Waals surface area contributed by atoms with Crippen molar-refractivity contribution in [3.8, 4) is 11.4 Å². The number of fused-ring (bicyclic) bond motifs is 1. The number of urea groups is 1. The highest BCUT2D eigenvalue weighted by Crippen LogP contribution is 2.70. The van der Waals surface area contributed by atoms with Gasteiger partial charge in [0.2, 0.25) is 5.52 Å². The summed E-state index contributed by atoms with van der Waals surface area (Å²) in [7, 11) is -8.27. The van der Waals surface area contributed by atoms with Crippen molar-refractivity contribution in [3.05, 3.63) is 65.8 Å². The molecule has 0 aliphatic carbocycles. The molecule has 2 aromatic heterocycles. The molecule has 0 saturated carbocycles. The van der Waals surface area contributed by atoms with Gasteiger partial charge in [0.15, 0.2) is 5.82 Å². The molecule has 0 saturated heterocycles. The minimum Gasteiger partial charge on any atom is -0.346 e. The van der Waals surface area contributed by atoms with Crippen molar-refractivity contribution in [2.75, 3.05) is 42.4 Å². The monoisotopic (exact) mass is 665 g/mol. The van der Waals surface area contributed by atoms with Gasteiger partial charge < -0.3 is 34.0 Å². The van der Waals surface area contributed by atoms with Crippen molar-refractivity contribution >= 4 is 60.0 Å². The second-order valence-electron chi connectivity index (χ2n) is 8.97. The smallest absolute Gasteiger partial charge is 0.346 e. The minimum atomic E-state index is -4.13. The third-order valence-corrected chi connectivity index (χ3v) is 12.3. The number of amides is 2. The minimum absolute atomic E-state index is 0.0190. The Kier molecular flexibility index (Phi) is 11.6. The lowest BCUT2D eigenvalue weighted by Crippen LogP contribution is -2.26. The van der Waals surface area contributed by atoms with E-state index in [9.17, 15) is 18.3 Å². The average Bonchev–Trinajstić information content (AvgIpc) is 3.47. The number of benzene rings is 2. The van der Waals surface area contributed by atoms with Crippen molar-refractivity contribution < 1.29 is 36.4 Å². The Morgan fingerprint density at radius 2 is 1.43 bits per heavy atom. The molecule has 236 valence electrons. The van der Waals surface area contributed by atoms with Gasteiger partial charge in [-0.25, -0.2) is 19.2 Å². The summed E-state index contributed by atoms with van der Waals surface area (Å²) >= 11 is 1.35. The van der Waals surface area contributed by atoms with E-state index in [1.807, 2.05) is 5.38 Å². The first-order valence-electron chi connectivity index (χ1n) is 13.9. The highest BCUT2D eigenvalue weighted by Gasteiger charge is 2.51. The third-order valence-electron chi connectivity index (χ3n) is 5.91. The van der Waals surface area contributed by atoms with Crippen LogP contribution in [0.2, 0.25) is 0 Å². The van der Waals surface area contributed by atoms with Crippen LogP contribution < -0.4 is 16.0 Å². The normalized spacial score (nSPS) is 12.0. The molecule has 0 aliphatic rings. The zero-order chi connectivity index (χ0) is 31.7. The zero-order valence-electron chi connectivity index (χ0n) is 24.6. The average molecular weight is 666 g/mol. The predicted molar refractivity (Wildman–Crippen MR) is 171 cm³/mol. The number of carbonyl (C=O) groups is 1. The number of halogens is 1. The molecule has 2 amide bonds. The first kappa shape index (κ1) is 33.7. The fourth-order valence-corrected chi connectivity index (χ4v) is 9.85. The van der Waals surface area contributed by atoms with E-state index in [0.717, 1.165) is 0 Å². The Morgan fingerprint density at radius 3 is 2.02 bits per heavy atom. The summed E-state index contributed by atoms with van der Waals surface area (Å²) in [6.07, 6.45) is 0. The van der Waals surface area contributed by atoms with Gasteiger partial charge in [-0.05, 0) is 75.5 Å². The van der Waals surface area contributed by atoms with Crippen molar-refractivity contribution in [1.29, 1.82) is 0 Å². The topological polar surface area (TPSA) is 150 Å². The fourth-order valence-electron chi connectivity index (χ4n) is 4.19. The van der Waals surface area contributed by atoms with Crippen LogP contribution in [0.25, 0.3) is 21.6 Å². The second-order valence-corrected chi connectivity index (χ2v) is 14.5. The standard InChI is InChI=1S/C28H34FN5O7P2S/c1-5-38-42(36,39-6-2)28(43(37,40-7-3)41-8-4)34-25-23-16-17-44-26(23)33-24(32-25)19-10-9-11-22(18-19)31-27(35)30-21-14-12-20(29)13-15-21/h9-18,28H,5-8H2,1-4H3,(H2,30,31,35)(H,32,33,34). The number of rotatable bonds is 15. The Labute approximate surface area is 258 Å². The van der Waals surface area contributed by atoms with E-state index in [0.29, 0.717) is 27.2 Å². The maximum atomic E-state index is 14.1. The van der Waals surface area contributed by atoms with Gasteiger partial charge in [-0.2, -0.15) is 0 Å². The summed E-state index contributed by atoms with van der Waals surface area (Å²) in [6, 6.07) is 13.5. The van der Waals surface area contributed by atoms with E-state index in [2.05, 4.69) is 20.9 Å². The van der Waals surface area contributed by atoms with Gasteiger partial charge in [-0.1, -0.05) is 12.1 Å². The molecule has 0 radical (unpaired) electrons. The Bertz CT molecular complexity index is 1620. The van der Waals surface area contributed by atoms with Crippen LogP contribution in [0.5, 0.6) is 0 Å². The summed E-state index contributed by atoms with van der Waals surface area (Å²) in [6.45, 7) is 6.67. The van der Waals surface area contributed by atoms with Crippen LogP contribution in [-0.4, -0.2) is 48.0 Å². The molecule has 0 atom stereocenters. The van der Waals surface area contributed by atoms with Crippen molar-refractivity contribution in [1.82, 2.24) is 9.97 Å². The summed E-state index contributed by atoms with van der Waals surface area (Å²) in [5.74, 6) is 0.0702. The molecule has 16 heteroatoms. The predicted octanol–water partition coefficient (Wildman–Crippen LogP) is 8.37. The van der Waals surface area contributed by atoms with E-state index in [1.54, 1.807) is 58.0 Å². The lowest BCUT2D eigenvalue weighted by atomic mass is 10.2. The van der Waals surface area contributed by atoms with Crippen LogP contribution >= 0.6 is 26.5 Å². The quantitative estimate of drug-likeness (QED) is 0.106. The van der Waals surface area contributed by atoms with Gasteiger partial charge in [0.05, 0.1) is 31.8 Å². The summed E-state index contributed by atoms with van der Waals surface area (Å²) in [5.41, 5.74) is -0.123. The number of hydrogen-bond acceptors (Lipinski definition) is 11. The molecule has 44 heavy (non-hydrogen) atoms. The molecule has 4 aromatic rings. The summed E-state index contributed by atoms with van der Waals surface area (Å²) in [4.78, 5) is 22.5. The van der Waals surface area contributed by atoms with Crippen LogP contribution in [-0.2, 0) is 27.2 Å². The largest absolute Gasteiger partial charge is 0.365 e. The summed E-state index contributed by atoms with van der Waals surface area (Å²) in [5, 5.41) is 10.8. The number of hydrogen-bond donors (Lipinski definition) is 3. The Morgan fingerprint density at radius 1 is 0.841 bits per heavy atom. The number of anilines is 3. The van der Waals surface area contributed by atoms with E-state index in [4.69, 9.17) is 23.1 Å². The number of nitrogens with one attached hydrogen (secondary N) is 3. The molecule has 2 aromatic carbocycles. The van der Waals surface area contributed by atoms with Crippen LogP contribution in [0, 0.1) is 5.82 Å². The summed E-state index contributed by atoms with van der Waals surface area (Å²) < 4.78 is 63.7. The first-order chi connectivity index (χ1) is 21.1. The van der Waals surface area contributed by atoms with Gasteiger partial charge in [0.25, 0.3) is 0 Å². The molecule has 3 N–H and O–H groups in total. The van der Waals surface area contributed by atoms with Gasteiger partial charge in [-0.15, -0.1) is 11.3 Å². The lowest BCUT2D eigenvalue weighted by Gasteiger charge is -2.32. The first-order valence-corrected chi connectivity index (χ1v) is 18.0. The molecular weight excluding hydrogens is 631 g/mol. The maximum absolute atomic E-state index is 14.1. The Balaban J connectivity index is 1.71. The fraction of sp³-hybridized carbons (Fsp3) is 0.321. The molecule has 12 nitrogen and oxygen atoms in total. The van der Waals surface area contributed by atoms with Gasteiger partial charge in [-0.3, -0.25) is 9.13 Å². The van der Waals surface area contributed by atoms with E-state index in [1.165, 1.54) is 35.6 Å². The van der Waals surface area contributed by atoms with Gasteiger partial charge in [0, 0.05) is 16.9 Å². The molecule has 0 aliphatic heterocycles. The molecule has 0 spiro atoms. The third kappa shape index (κ3) is 8.08. The highest BCUT2D eigenvalue weighted by molar-refractivity contribution is 7.73. The van der Waals surface area contributed by atoms with Crippen LogP contribution in [0.3, 0.4) is 0 Å². The van der Waals surface area contributed by atoms with Crippen molar-refractivity contribution in [3.63, 3.8) is 0 Å². The number of nitrogens with zero attached hydrogens (tertiary/aromatic N) is 2. The van der Waals surface area contributed by atoms with Crippen LogP contribution in [0.4, 0.5) is 26.4 Å². The molecule has 0 unspecified atom stereocenters. The Hall–Kier alpha value is -3.22. The van der Waals surface area contributed by atoms with E-state index in [-0.39, 0.29) is 38.1 Å². The van der Waals surface area contributed by atoms with Crippen LogP contribution in [0.1, 0.15) is 27.7 Å².